The van der Waals surface area contributed by atoms with Crippen LogP contribution in [-0.4, -0.2) is 83.1 Å². The van der Waals surface area contributed by atoms with E-state index < -0.39 is 0 Å². The van der Waals surface area contributed by atoms with Crippen molar-refractivity contribution >= 4 is 22.8 Å². The van der Waals surface area contributed by atoms with E-state index in [1.165, 1.54) is 5.56 Å². The Kier molecular flexibility index (Phi) is 6.97. The van der Waals surface area contributed by atoms with E-state index in [9.17, 15) is 4.79 Å². The monoisotopic (exact) mass is 460 g/mol. The van der Waals surface area contributed by atoms with Crippen LogP contribution < -0.4 is 4.90 Å². The van der Waals surface area contributed by atoms with Crippen molar-refractivity contribution < 1.29 is 9.53 Å². The standard InChI is InChI=1S/C26H32N6O2/c1-20(33)32-11-10-30(19-24-7-9-28-26(29-24)31-12-14-34-15-13-31)17-21(18-32)16-23-5-2-4-22-6-3-8-27-25(22)23/h2-9,21H,10-19H2,1H3/t21-/m0/s1. The van der Waals surface area contributed by atoms with Crippen LogP contribution in [0.4, 0.5) is 5.95 Å². The van der Waals surface area contributed by atoms with Crippen LogP contribution in [0.2, 0.25) is 0 Å². The van der Waals surface area contributed by atoms with Crippen LogP contribution in [0.1, 0.15) is 18.2 Å². The van der Waals surface area contributed by atoms with Gasteiger partial charge < -0.3 is 14.5 Å². The first kappa shape index (κ1) is 22.7. The number of carbonyl (C=O) groups excluding carboxylic acids is 1. The number of para-hydroxylation sites is 1. The molecule has 0 spiro atoms. The van der Waals surface area contributed by atoms with E-state index in [1.54, 1.807) is 6.92 Å². The van der Waals surface area contributed by atoms with E-state index in [2.05, 4.69) is 44.0 Å². The van der Waals surface area contributed by atoms with Gasteiger partial charge in [-0.15, -0.1) is 0 Å². The Labute approximate surface area is 200 Å². The van der Waals surface area contributed by atoms with Gasteiger partial charge in [-0.25, -0.2) is 9.97 Å². The maximum absolute atomic E-state index is 12.3. The zero-order chi connectivity index (χ0) is 23.3. The Morgan fingerprint density at radius 3 is 2.71 bits per heavy atom. The minimum Gasteiger partial charge on any atom is -0.378 e. The number of rotatable bonds is 5. The zero-order valence-corrected chi connectivity index (χ0v) is 19.8. The number of fused-ring (bicyclic) bond motifs is 1. The average molecular weight is 461 g/mol. The summed E-state index contributed by atoms with van der Waals surface area (Å²) in [4.78, 5) is 32.9. The minimum absolute atomic E-state index is 0.138. The van der Waals surface area contributed by atoms with Crippen molar-refractivity contribution in [2.45, 2.75) is 19.9 Å². The van der Waals surface area contributed by atoms with E-state index in [1.807, 2.05) is 29.4 Å². The van der Waals surface area contributed by atoms with Crippen molar-refractivity contribution in [3.63, 3.8) is 0 Å². The fraction of sp³-hybridized carbons (Fsp3) is 0.462. The molecular formula is C26H32N6O2. The molecule has 3 aromatic rings. The molecular weight excluding hydrogens is 428 g/mol. The third kappa shape index (κ3) is 5.34. The molecule has 2 fully saturated rings. The number of ether oxygens (including phenoxy) is 1. The number of hydrogen-bond donors (Lipinski definition) is 0. The Balaban J connectivity index is 1.33. The van der Waals surface area contributed by atoms with Gasteiger partial charge in [0.05, 0.1) is 24.4 Å². The van der Waals surface area contributed by atoms with Crippen molar-refractivity contribution in [3.8, 4) is 0 Å². The van der Waals surface area contributed by atoms with Gasteiger partial charge in [0.15, 0.2) is 0 Å². The first-order valence-electron chi connectivity index (χ1n) is 12.1. The molecule has 34 heavy (non-hydrogen) atoms. The van der Waals surface area contributed by atoms with Gasteiger partial charge in [-0.05, 0) is 30.0 Å². The number of nitrogens with zero attached hydrogens (tertiary/aromatic N) is 6. The van der Waals surface area contributed by atoms with E-state index >= 15 is 0 Å². The van der Waals surface area contributed by atoms with Gasteiger partial charge in [0.1, 0.15) is 0 Å². The van der Waals surface area contributed by atoms with Crippen LogP contribution in [0.5, 0.6) is 0 Å². The first-order chi connectivity index (χ1) is 16.7. The molecule has 0 bridgehead atoms. The summed E-state index contributed by atoms with van der Waals surface area (Å²) in [5, 5.41) is 1.16. The number of anilines is 1. The molecule has 0 unspecified atom stereocenters. The quantitative estimate of drug-likeness (QED) is 0.579. The number of amides is 1. The third-order valence-corrected chi connectivity index (χ3v) is 6.73. The molecule has 5 rings (SSSR count). The summed E-state index contributed by atoms with van der Waals surface area (Å²) >= 11 is 0. The molecule has 2 aromatic heterocycles. The molecule has 2 aliphatic heterocycles. The molecule has 2 aliphatic rings. The first-order valence-corrected chi connectivity index (χ1v) is 12.1. The van der Waals surface area contributed by atoms with Gasteiger partial charge in [-0.3, -0.25) is 14.7 Å². The largest absolute Gasteiger partial charge is 0.378 e. The number of carbonyl (C=O) groups is 1. The van der Waals surface area contributed by atoms with Crippen molar-refractivity contribution in [2.24, 2.45) is 5.92 Å². The third-order valence-electron chi connectivity index (χ3n) is 6.73. The summed E-state index contributed by atoms with van der Waals surface area (Å²) in [6, 6.07) is 12.5. The summed E-state index contributed by atoms with van der Waals surface area (Å²) in [7, 11) is 0. The fourth-order valence-electron chi connectivity index (χ4n) is 5.00. The number of morpholine rings is 1. The Morgan fingerprint density at radius 1 is 1.00 bits per heavy atom. The topological polar surface area (TPSA) is 74.7 Å². The molecule has 0 saturated carbocycles. The van der Waals surface area contributed by atoms with E-state index in [-0.39, 0.29) is 5.91 Å². The summed E-state index contributed by atoms with van der Waals surface area (Å²) in [6.07, 6.45) is 4.60. The Bertz CT molecular complexity index is 1130. The van der Waals surface area contributed by atoms with Gasteiger partial charge >= 0.3 is 0 Å². The molecule has 1 amide bonds. The Hall–Kier alpha value is -3.10. The second kappa shape index (κ2) is 10.4. The van der Waals surface area contributed by atoms with Crippen molar-refractivity contribution in [3.05, 3.63) is 60.0 Å². The summed E-state index contributed by atoms with van der Waals surface area (Å²) in [6.45, 7) is 8.73. The highest BCUT2D eigenvalue weighted by molar-refractivity contribution is 5.81. The zero-order valence-electron chi connectivity index (χ0n) is 19.8. The van der Waals surface area contributed by atoms with Gasteiger partial charge in [0.25, 0.3) is 0 Å². The van der Waals surface area contributed by atoms with Gasteiger partial charge in [-0.2, -0.15) is 0 Å². The van der Waals surface area contributed by atoms with Crippen molar-refractivity contribution in [1.29, 1.82) is 0 Å². The molecule has 0 N–H and O–H groups in total. The summed E-state index contributed by atoms with van der Waals surface area (Å²) in [5.74, 6) is 1.23. The summed E-state index contributed by atoms with van der Waals surface area (Å²) < 4.78 is 5.46. The van der Waals surface area contributed by atoms with Crippen LogP contribution in [0.3, 0.4) is 0 Å². The highest BCUT2D eigenvalue weighted by Gasteiger charge is 2.25. The highest BCUT2D eigenvalue weighted by Crippen LogP contribution is 2.22. The number of hydrogen-bond acceptors (Lipinski definition) is 7. The number of benzene rings is 1. The van der Waals surface area contributed by atoms with Crippen LogP contribution in [0.15, 0.2) is 48.8 Å². The van der Waals surface area contributed by atoms with Crippen LogP contribution in [-0.2, 0) is 22.5 Å². The fourth-order valence-corrected chi connectivity index (χ4v) is 5.00. The van der Waals surface area contributed by atoms with E-state index in [0.29, 0.717) is 19.1 Å². The van der Waals surface area contributed by atoms with Crippen molar-refractivity contribution in [2.75, 3.05) is 57.4 Å². The smallest absolute Gasteiger partial charge is 0.225 e. The van der Waals surface area contributed by atoms with Crippen LogP contribution in [0, 0.1) is 5.92 Å². The molecule has 0 radical (unpaired) electrons. The average Bonchev–Trinajstić information content (AvgIpc) is 3.07. The molecule has 0 aliphatic carbocycles. The molecule has 1 aromatic carbocycles. The van der Waals surface area contributed by atoms with Gasteiger partial charge in [0.2, 0.25) is 11.9 Å². The number of pyridine rings is 1. The molecule has 178 valence electrons. The SMILES string of the molecule is CC(=O)N1CCN(Cc2ccnc(N3CCOCC3)n2)C[C@H](Cc2cccc3cccnc23)C1. The normalized spacial score (nSPS) is 19.9. The summed E-state index contributed by atoms with van der Waals surface area (Å²) in [5.41, 5.74) is 3.31. The lowest BCUT2D eigenvalue weighted by Gasteiger charge is -2.27. The highest BCUT2D eigenvalue weighted by atomic mass is 16.5. The molecule has 8 heteroatoms. The second-order valence-electron chi connectivity index (χ2n) is 9.21. The minimum atomic E-state index is 0.138. The predicted octanol–water partition coefficient (Wildman–Crippen LogP) is 2.38. The lowest BCUT2D eigenvalue weighted by atomic mass is 9.96. The Morgan fingerprint density at radius 2 is 1.85 bits per heavy atom. The molecule has 8 nitrogen and oxygen atoms in total. The second-order valence-corrected chi connectivity index (χ2v) is 9.21. The van der Waals surface area contributed by atoms with E-state index in [4.69, 9.17) is 9.72 Å². The van der Waals surface area contributed by atoms with Crippen molar-refractivity contribution in [1.82, 2.24) is 24.8 Å². The van der Waals surface area contributed by atoms with Gasteiger partial charge in [-0.1, -0.05) is 24.3 Å². The lowest BCUT2D eigenvalue weighted by molar-refractivity contribution is -0.129. The predicted molar refractivity (Wildman–Crippen MR) is 132 cm³/mol. The van der Waals surface area contributed by atoms with Gasteiger partial charge in [0, 0.05) is 70.5 Å². The maximum Gasteiger partial charge on any atom is 0.225 e. The van der Waals surface area contributed by atoms with Crippen LogP contribution >= 0.6 is 0 Å². The molecule has 1 atom stereocenters. The maximum atomic E-state index is 12.3. The van der Waals surface area contributed by atoms with Crippen LogP contribution in [0.25, 0.3) is 10.9 Å². The van der Waals surface area contributed by atoms with E-state index in [0.717, 1.165) is 74.8 Å². The molecule has 2 saturated heterocycles. The number of aromatic nitrogens is 3. The molecule has 4 heterocycles. The lowest BCUT2D eigenvalue weighted by Crippen LogP contribution is -2.37.